The van der Waals surface area contributed by atoms with E-state index in [4.69, 9.17) is 5.73 Å². The number of guanidine groups is 1. The molecule has 1 unspecified atom stereocenters. The highest BCUT2D eigenvalue weighted by Gasteiger charge is 2.25. The first kappa shape index (κ1) is 25.3. The summed E-state index contributed by atoms with van der Waals surface area (Å²) in [5.74, 6) is 1.30. The number of nitrogens with one attached hydrogen (secondary N) is 2. The number of carbonyl (C=O) groups is 1. The van der Waals surface area contributed by atoms with E-state index in [2.05, 4.69) is 43.5 Å². The lowest BCUT2D eigenvalue weighted by molar-refractivity contribution is -0.122. The number of aromatic nitrogens is 2. The van der Waals surface area contributed by atoms with E-state index in [1.807, 2.05) is 12.3 Å². The molecule has 2 aromatic rings. The quantitative estimate of drug-likeness (QED) is 0.261. The summed E-state index contributed by atoms with van der Waals surface area (Å²) >= 11 is 1.76. The number of rotatable bonds is 8. The average Bonchev–Trinajstić information content (AvgIpc) is 3.24. The number of piperidine rings is 1. The Kier molecular flexibility index (Phi) is 10.4. The van der Waals surface area contributed by atoms with Crippen LogP contribution >= 0.6 is 35.3 Å². The Morgan fingerprint density at radius 1 is 1.39 bits per heavy atom. The van der Waals surface area contributed by atoms with Crippen LogP contribution in [0.15, 0.2) is 29.5 Å². The van der Waals surface area contributed by atoms with E-state index in [9.17, 15) is 4.79 Å². The maximum atomic E-state index is 11.6. The third-order valence-corrected chi connectivity index (χ3v) is 6.44. The maximum Gasteiger partial charge on any atom is 0.222 e. The second-order valence-corrected chi connectivity index (χ2v) is 8.55. The van der Waals surface area contributed by atoms with Gasteiger partial charge in [-0.3, -0.25) is 9.79 Å². The van der Waals surface area contributed by atoms with E-state index in [1.54, 1.807) is 24.6 Å². The number of nitrogens with zero attached hydrogens (tertiary/aromatic N) is 4. The summed E-state index contributed by atoms with van der Waals surface area (Å²) in [6.45, 7) is 5.01. The highest BCUT2D eigenvalue weighted by Crippen LogP contribution is 2.24. The minimum Gasteiger partial charge on any atom is -0.369 e. The molecule has 1 fully saturated rings. The molecule has 0 radical (unpaired) electrons. The maximum absolute atomic E-state index is 11.6. The van der Waals surface area contributed by atoms with Gasteiger partial charge in [0.25, 0.3) is 0 Å². The first-order valence-electron chi connectivity index (χ1n) is 10.5. The smallest absolute Gasteiger partial charge is 0.222 e. The number of nitrogens with two attached hydrogens (primary N) is 1. The average molecular weight is 558 g/mol. The second-order valence-electron chi connectivity index (χ2n) is 7.35. The minimum absolute atomic E-state index is 0. The van der Waals surface area contributed by atoms with Crippen LogP contribution < -0.4 is 21.3 Å². The number of hydrogen-bond donors (Lipinski definition) is 3. The highest BCUT2D eigenvalue weighted by molar-refractivity contribution is 14.0. The molecule has 1 aliphatic heterocycles. The van der Waals surface area contributed by atoms with Crippen molar-refractivity contribution in [2.45, 2.75) is 39.2 Å². The van der Waals surface area contributed by atoms with Gasteiger partial charge in [0, 0.05) is 62.5 Å². The fourth-order valence-corrected chi connectivity index (χ4v) is 4.43. The number of carbonyl (C=O) groups excluding carboxylic acids is 1. The zero-order valence-electron chi connectivity index (χ0n) is 18.1. The third-order valence-electron chi connectivity index (χ3n) is 5.24. The number of amides is 1. The summed E-state index contributed by atoms with van der Waals surface area (Å²) in [7, 11) is 1.76. The van der Waals surface area contributed by atoms with E-state index >= 15 is 0 Å². The van der Waals surface area contributed by atoms with Gasteiger partial charge >= 0.3 is 0 Å². The minimum atomic E-state index is -0.230. The van der Waals surface area contributed by atoms with E-state index in [1.165, 1.54) is 4.88 Å². The van der Waals surface area contributed by atoms with Crippen molar-refractivity contribution in [3.63, 3.8) is 0 Å². The van der Waals surface area contributed by atoms with Crippen molar-refractivity contribution in [3.05, 3.63) is 40.0 Å². The Hall–Kier alpha value is -1.95. The topological polar surface area (TPSA) is 109 Å². The van der Waals surface area contributed by atoms with Crippen molar-refractivity contribution in [3.8, 4) is 0 Å². The van der Waals surface area contributed by atoms with E-state index in [-0.39, 0.29) is 35.8 Å². The summed E-state index contributed by atoms with van der Waals surface area (Å²) in [5, 5.41) is 7.85. The van der Waals surface area contributed by atoms with Crippen LogP contribution in [-0.2, 0) is 24.2 Å². The van der Waals surface area contributed by atoms with Gasteiger partial charge in [-0.2, -0.15) is 0 Å². The van der Waals surface area contributed by atoms with Crippen molar-refractivity contribution < 1.29 is 4.79 Å². The van der Waals surface area contributed by atoms with Crippen molar-refractivity contribution in [1.29, 1.82) is 0 Å². The predicted octanol–water partition coefficient (Wildman–Crippen LogP) is 2.33. The Morgan fingerprint density at radius 2 is 2.23 bits per heavy atom. The second kappa shape index (κ2) is 12.8. The molecule has 0 saturated carbocycles. The molecule has 4 N–H and O–H groups in total. The molecule has 1 amide bonds. The van der Waals surface area contributed by atoms with Crippen LogP contribution in [0.2, 0.25) is 0 Å². The summed E-state index contributed by atoms with van der Waals surface area (Å²) in [5.41, 5.74) is 6.60. The molecule has 3 heterocycles. The Bertz CT molecular complexity index is 873. The van der Waals surface area contributed by atoms with Crippen LogP contribution in [0.1, 0.15) is 35.2 Å². The molecule has 8 nitrogen and oxygen atoms in total. The number of halogens is 1. The molecule has 0 spiro atoms. The molecule has 170 valence electrons. The Labute approximate surface area is 205 Å². The number of primary amides is 1. The first-order chi connectivity index (χ1) is 14.6. The SMILES string of the molecule is CCc1cnc(CCNC(=NC)NCc2cccnc2N2CCCC(C(N)=O)C2)s1.I. The molecule has 3 rings (SSSR count). The number of hydrogen-bond acceptors (Lipinski definition) is 6. The lowest BCUT2D eigenvalue weighted by Gasteiger charge is -2.33. The molecule has 1 saturated heterocycles. The van der Waals surface area contributed by atoms with Crippen LogP contribution in [0.3, 0.4) is 0 Å². The van der Waals surface area contributed by atoms with Crippen molar-refractivity contribution in [2.75, 3.05) is 31.6 Å². The van der Waals surface area contributed by atoms with Gasteiger partial charge in [0.05, 0.1) is 10.9 Å². The van der Waals surface area contributed by atoms with Crippen LogP contribution in [0.25, 0.3) is 0 Å². The normalized spacial score (nSPS) is 16.5. The zero-order valence-corrected chi connectivity index (χ0v) is 21.3. The molecule has 0 aromatic carbocycles. The highest BCUT2D eigenvalue weighted by atomic mass is 127. The van der Waals surface area contributed by atoms with Gasteiger partial charge in [-0.05, 0) is 25.3 Å². The monoisotopic (exact) mass is 557 g/mol. The Balaban J connectivity index is 0.00000341. The predicted molar refractivity (Wildman–Crippen MR) is 137 cm³/mol. The summed E-state index contributed by atoms with van der Waals surface area (Å²) in [6, 6.07) is 3.98. The number of anilines is 1. The third kappa shape index (κ3) is 7.30. The van der Waals surface area contributed by atoms with Crippen LogP contribution in [0.5, 0.6) is 0 Å². The standard InChI is InChI=1S/C21H31N7OS.HI/c1-3-17-13-26-18(30-17)8-10-25-21(23-2)27-12-15-6-4-9-24-20(15)28-11-5-7-16(14-28)19(22)29;/h4,6,9,13,16H,3,5,7-8,10-12,14H2,1-2H3,(H2,22,29)(H2,23,25,27);1H. The largest absolute Gasteiger partial charge is 0.369 e. The van der Waals surface area contributed by atoms with Gasteiger partial charge in [-0.25, -0.2) is 9.97 Å². The number of pyridine rings is 1. The summed E-state index contributed by atoms with van der Waals surface area (Å²) < 4.78 is 0. The van der Waals surface area contributed by atoms with Gasteiger partial charge < -0.3 is 21.3 Å². The molecular weight excluding hydrogens is 525 g/mol. The lowest BCUT2D eigenvalue weighted by Crippen LogP contribution is -2.42. The number of aryl methyl sites for hydroxylation is 1. The van der Waals surface area contributed by atoms with E-state index in [0.717, 1.165) is 61.1 Å². The molecule has 31 heavy (non-hydrogen) atoms. The molecule has 1 atom stereocenters. The molecule has 10 heteroatoms. The van der Waals surface area contributed by atoms with Gasteiger partial charge in [0.1, 0.15) is 5.82 Å². The molecule has 0 aliphatic carbocycles. The van der Waals surface area contributed by atoms with Crippen LogP contribution in [0, 0.1) is 5.92 Å². The van der Waals surface area contributed by atoms with E-state index in [0.29, 0.717) is 13.1 Å². The van der Waals surface area contributed by atoms with Gasteiger partial charge in [0.2, 0.25) is 5.91 Å². The lowest BCUT2D eigenvalue weighted by atomic mass is 9.97. The fourth-order valence-electron chi connectivity index (χ4n) is 3.57. The summed E-state index contributed by atoms with van der Waals surface area (Å²) in [6.07, 6.45) is 7.43. The van der Waals surface area contributed by atoms with Crippen molar-refractivity contribution >= 4 is 53.0 Å². The zero-order chi connectivity index (χ0) is 21.3. The molecular formula is C21H32IN7OS. The van der Waals surface area contributed by atoms with Crippen molar-refractivity contribution in [2.24, 2.45) is 16.6 Å². The van der Waals surface area contributed by atoms with Gasteiger partial charge in [-0.15, -0.1) is 35.3 Å². The molecule has 1 aliphatic rings. The summed E-state index contributed by atoms with van der Waals surface area (Å²) in [4.78, 5) is 28.5. The van der Waals surface area contributed by atoms with Crippen LogP contribution in [0.4, 0.5) is 5.82 Å². The molecule has 2 aromatic heterocycles. The van der Waals surface area contributed by atoms with Gasteiger partial charge in [-0.1, -0.05) is 13.0 Å². The Morgan fingerprint density at radius 3 is 2.94 bits per heavy atom. The van der Waals surface area contributed by atoms with Crippen molar-refractivity contribution in [1.82, 2.24) is 20.6 Å². The fraction of sp³-hybridized carbons (Fsp3) is 0.524. The number of thiazole rings is 1. The first-order valence-corrected chi connectivity index (χ1v) is 11.3. The number of aliphatic imine (C=N–C) groups is 1. The van der Waals surface area contributed by atoms with Crippen LogP contribution in [-0.4, -0.2) is 48.5 Å². The molecule has 0 bridgehead atoms. The van der Waals surface area contributed by atoms with E-state index < -0.39 is 0 Å². The van der Waals surface area contributed by atoms with Gasteiger partial charge in [0.15, 0.2) is 5.96 Å².